The molecule has 0 atom stereocenters. The molecule has 2 rings (SSSR count). The predicted molar refractivity (Wildman–Crippen MR) is 62.6 cm³/mol. The highest BCUT2D eigenvalue weighted by atomic mass is 32.1. The van der Waals surface area contributed by atoms with E-state index in [-0.39, 0.29) is 11.6 Å². The molecule has 0 aliphatic heterocycles. The molecule has 7 heteroatoms. The first-order valence-corrected chi connectivity index (χ1v) is 5.89. The molecule has 88 valence electrons. The summed E-state index contributed by atoms with van der Waals surface area (Å²) in [5.41, 5.74) is 0.170. The van der Waals surface area contributed by atoms with Gasteiger partial charge in [0.25, 0.3) is 0 Å². The van der Waals surface area contributed by atoms with Gasteiger partial charge in [0.1, 0.15) is 5.00 Å². The number of nitrogens with one attached hydrogen (secondary N) is 2. The van der Waals surface area contributed by atoms with Crippen LogP contribution in [0, 0.1) is 0 Å². The number of aromatic nitrogens is 2. The third-order valence-corrected chi connectivity index (χ3v) is 3.53. The largest absolute Gasteiger partial charge is 0.336 e. The van der Waals surface area contributed by atoms with E-state index in [1.807, 2.05) is 14.1 Å². The molecular formula is C9H15N5OS. The van der Waals surface area contributed by atoms with Gasteiger partial charge in [-0.2, -0.15) is 0 Å². The van der Waals surface area contributed by atoms with Crippen LogP contribution in [-0.2, 0) is 0 Å². The van der Waals surface area contributed by atoms with Crippen LogP contribution in [0.15, 0.2) is 6.20 Å². The smallest absolute Gasteiger partial charge is 0.319 e. The fourth-order valence-corrected chi connectivity index (χ4v) is 1.96. The third kappa shape index (κ3) is 2.48. The molecule has 1 aliphatic rings. The van der Waals surface area contributed by atoms with E-state index >= 15 is 0 Å². The van der Waals surface area contributed by atoms with Crippen molar-refractivity contribution >= 4 is 22.6 Å². The van der Waals surface area contributed by atoms with E-state index in [4.69, 9.17) is 0 Å². The molecule has 16 heavy (non-hydrogen) atoms. The Hall–Kier alpha value is -1.21. The maximum atomic E-state index is 11.5. The van der Waals surface area contributed by atoms with Gasteiger partial charge in [-0.3, -0.25) is 5.32 Å². The van der Waals surface area contributed by atoms with Gasteiger partial charge in [-0.15, -0.1) is 5.10 Å². The Balaban J connectivity index is 1.76. The van der Waals surface area contributed by atoms with Crippen LogP contribution in [0.2, 0.25) is 0 Å². The zero-order valence-corrected chi connectivity index (χ0v) is 10.2. The van der Waals surface area contributed by atoms with Crippen LogP contribution in [0.3, 0.4) is 0 Å². The number of hydrogen-bond acceptors (Lipinski definition) is 5. The molecule has 1 heterocycles. The lowest BCUT2D eigenvalue weighted by Gasteiger charge is -2.23. The second-order valence-electron chi connectivity index (χ2n) is 4.21. The summed E-state index contributed by atoms with van der Waals surface area (Å²) in [6, 6.07) is -0.195. The summed E-state index contributed by atoms with van der Waals surface area (Å²) in [7, 11) is 4.08. The highest BCUT2D eigenvalue weighted by Crippen LogP contribution is 2.39. The number of amides is 2. The second kappa shape index (κ2) is 4.34. The molecule has 6 nitrogen and oxygen atoms in total. The highest BCUT2D eigenvalue weighted by molar-refractivity contribution is 7.10. The van der Waals surface area contributed by atoms with Gasteiger partial charge < -0.3 is 10.2 Å². The van der Waals surface area contributed by atoms with Crippen molar-refractivity contribution in [3.63, 3.8) is 0 Å². The molecule has 1 fully saturated rings. The number of hydrogen-bond donors (Lipinski definition) is 2. The van der Waals surface area contributed by atoms with Gasteiger partial charge in [-0.05, 0) is 26.9 Å². The molecule has 0 saturated heterocycles. The minimum atomic E-state index is -0.195. The molecule has 1 aromatic heterocycles. The van der Waals surface area contributed by atoms with E-state index < -0.39 is 0 Å². The fraction of sp³-hybridized carbons (Fsp3) is 0.667. The summed E-state index contributed by atoms with van der Waals surface area (Å²) in [6.45, 7) is 0.679. The fourth-order valence-electron chi connectivity index (χ4n) is 1.55. The summed E-state index contributed by atoms with van der Waals surface area (Å²) in [4.78, 5) is 13.7. The van der Waals surface area contributed by atoms with E-state index in [1.54, 1.807) is 0 Å². The van der Waals surface area contributed by atoms with Gasteiger partial charge in [0.05, 0.1) is 6.20 Å². The molecule has 0 radical (unpaired) electrons. The first-order chi connectivity index (χ1) is 7.62. The summed E-state index contributed by atoms with van der Waals surface area (Å²) in [5, 5.41) is 9.85. The quantitative estimate of drug-likeness (QED) is 0.816. The van der Waals surface area contributed by atoms with E-state index in [0.29, 0.717) is 11.5 Å². The standard InChI is InChI=1S/C9H15N5OS/c1-14(2)9(3-4-9)6-10-8(15)12-7-5-11-13-16-7/h5H,3-4,6H2,1-2H3,(H2,10,12,15). The van der Waals surface area contributed by atoms with E-state index in [9.17, 15) is 4.79 Å². The SMILES string of the molecule is CN(C)C1(CNC(=O)Nc2cnns2)CC1. The van der Waals surface area contributed by atoms with Gasteiger partial charge in [0, 0.05) is 23.6 Å². The van der Waals surface area contributed by atoms with Crippen molar-refractivity contribution in [2.24, 2.45) is 0 Å². The van der Waals surface area contributed by atoms with Gasteiger partial charge in [0.15, 0.2) is 0 Å². The molecule has 0 aromatic carbocycles. The van der Waals surface area contributed by atoms with Crippen molar-refractivity contribution in [2.45, 2.75) is 18.4 Å². The molecule has 1 aromatic rings. The minimum absolute atomic E-state index is 0.170. The Kier molecular flexibility index (Phi) is 3.06. The van der Waals surface area contributed by atoms with Crippen molar-refractivity contribution in [3.8, 4) is 0 Å². The first-order valence-electron chi connectivity index (χ1n) is 5.12. The van der Waals surface area contributed by atoms with Gasteiger partial charge in [-0.25, -0.2) is 4.79 Å². The molecule has 0 spiro atoms. The van der Waals surface area contributed by atoms with Crippen molar-refractivity contribution in [2.75, 3.05) is 26.0 Å². The minimum Gasteiger partial charge on any atom is -0.336 e. The molecule has 1 aliphatic carbocycles. The van der Waals surface area contributed by atoms with Crippen LogP contribution in [0.1, 0.15) is 12.8 Å². The van der Waals surface area contributed by atoms with Gasteiger partial charge in [-0.1, -0.05) is 4.49 Å². The zero-order valence-electron chi connectivity index (χ0n) is 9.36. The molecular weight excluding hydrogens is 226 g/mol. The molecule has 2 N–H and O–H groups in total. The van der Waals surface area contributed by atoms with E-state index in [0.717, 1.165) is 24.4 Å². The van der Waals surface area contributed by atoms with Crippen LogP contribution in [-0.4, -0.2) is 46.7 Å². The topological polar surface area (TPSA) is 70.2 Å². The maximum Gasteiger partial charge on any atom is 0.319 e. The Morgan fingerprint density at radius 3 is 2.88 bits per heavy atom. The summed E-state index contributed by atoms with van der Waals surface area (Å²) >= 11 is 1.16. The average molecular weight is 241 g/mol. The monoisotopic (exact) mass is 241 g/mol. The lowest BCUT2D eigenvalue weighted by Crippen LogP contribution is -2.43. The Morgan fingerprint density at radius 1 is 1.62 bits per heavy atom. The van der Waals surface area contributed by atoms with Crippen molar-refractivity contribution in [1.29, 1.82) is 0 Å². The zero-order chi connectivity index (χ0) is 11.6. The second-order valence-corrected chi connectivity index (χ2v) is 4.99. The van der Waals surface area contributed by atoms with Crippen LogP contribution in [0.5, 0.6) is 0 Å². The van der Waals surface area contributed by atoms with Crippen LogP contribution < -0.4 is 10.6 Å². The molecule has 1 saturated carbocycles. The third-order valence-electron chi connectivity index (χ3n) is 2.95. The van der Waals surface area contributed by atoms with Crippen LogP contribution >= 0.6 is 11.5 Å². The molecule has 2 amide bonds. The maximum absolute atomic E-state index is 11.5. The molecule has 0 unspecified atom stereocenters. The van der Waals surface area contributed by atoms with Crippen molar-refractivity contribution < 1.29 is 4.79 Å². The summed E-state index contributed by atoms with van der Waals surface area (Å²) in [5.74, 6) is 0. The van der Waals surface area contributed by atoms with Gasteiger partial charge in [0.2, 0.25) is 0 Å². The van der Waals surface area contributed by atoms with Crippen molar-refractivity contribution in [1.82, 2.24) is 19.8 Å². The van der Waals surface area contributed by atoms with Crippen LogP contribution in [0.25, 0.3) is 0 Å². The average Bonchev–Trinajstić information content (AvgIpc) is 2.88. The predicted octanol–water partition coefficient (Wildman–Crippen LogP) is 0.754. The number of anilines is 1. The number of carbonyl (C=O) groups is 1. The summed E-state index contributed by atoms with van der Waals surface area (Å²) < 4.78 is 3.67. The number of nitrogens with zero attached hydrogens (tertiary/aromatic N) is 3. The molecule has 0 bridgehead atoms. The Labute approximate surface area is 98.2 Å². The van der Waals surface area contributed by atoms with E-state index in [2.05, 4.69) is 25.1 Å². The van der Waals surface area contributed by atoms with Gasteiger partial charge >= 0.3 is 6.03 Å². The lowest BCUT2D eigenvalue weighted by molar-refractivity contribution is 0.236. The number of urea groups is 1. The normalized spacial score (nSPS) is 17.2. The first kappa shape index (κ1) is 11.3. The Bertz CT molecular complexity index is 360. The van der Waals surface area contributed by atoms with E-state index in [1.165, 1.54) is 6.20 Å². The highest BCUT2D eigenvalue weighted by Gasteiger charge is 2.44. The Morgan fingerprint density at radius 2 is 2.38 bits per heavy atom. The lowest BCUT2D eigenvalue weighted by atomic mass is 10.2. The summed E-state index contributed by atoms with van der Waals surface area (Å²) in [6.07, 6.45) is 3.81. The number of carbonyl (C=O) groups excluding carboxylic acids is 1. The number of likely N-dealkylation sites (N-methyl/N-ethyl adjacent to an activating group) is 1. The number of rotatable bonds is 4. The van der Waals surface area contributed by atoms with Crippen molar-refractivity contribution in [3.05, 3.63) is 6.20 Å². The van der Waals surface area contributed by atoms with Crippen LogP contribution in [0.4, 0.5) is 9.80 Å².